The average Bonchev–Trinajstić information content (AvgIpc) is 3.09. The number of carbonyl (C=O) groups is 1. The van der Waals surface area contributed by atoms with E-state index >= 15 is 0 Å². The molecule has 2 fully saturated rings. The van der Waals surface area contributed by atoms with Gasteiger partial charge in [-0.2, -0.15) is 0 Å². The maximum Gasteiger partial charge on any atom is 0.335 e. The van der Waals surface area contributed by atoms with Gasteiger partial charge in [-0.15, -0.1) is 0 Å². The molecule has 2 bridgehead atoms. The smallest absolute Gasteiger partial charge is 0.335 e. The lowest BCUT2D eigenvalue weighted by molar-refractivity contribution is -0.386. The lowest BCUT2D eigenvalue weighted by atomic mass is 9.98. The first-order valence-electron chi connectivity index (χ1n) is 7.78. The summed E-state index contributed by atoms with van der Waals surface area (Å²) in [5.74, 6) is 0.0326. The third-order valence-corrected chi connectivity index (χ3v) is 4.74. The van der Waals surface area contributed by atoms with Crippen LogP contribution in [0.5, 0.6) is 5.75 Å². The molecule has 1 N–H and O–H groups in total. The number of hydrogen-bond acceptors (Lipinski definition) is 5. The van der Waals surface area contributed by atoms with Crippen LogP contribution in [0.1, 0.15) is 43.0 Å². The molecule has 0 heterocycles. The van der Waals surface area contributed by atoms with E-state index in [0.29, 0.717) is 5.92 Å². The number of fused-ring (bicyclic) bond motifs is 2. The normalized spacial score (nSPS) is 26.9. The molecule has 0 aliphatic heterocycles. The Morgan fingerprint density at radius 1 is 1.39 bits per heavy atom. The molecule has 124 valence electrons. The highest BCUT2D eigenvalue weighted by Gasteiger charge is 2.41. The van der Waals surface area contributed by atoms with E-state index in [1.54, 1.807) is 6.92 Å². The first-order valence-corrected chi connectivity index (χ1v) is 7.78. The van der Waals surface area contributed by atoms with Gasteiger partial charge in [0.1, 0.15) is 0 Å². The molecule has 4 unspecified atom stereocenters. The summed E-state index contributed by atoms with van der Waals surface area (Å²) >= 11 is 0. The molecule has 0 saturated heterocycles. The Hall–Kier alpha value is -2.15. The molecule has 0 spiro atoms. The lowest BCUT2D eigenvalue weighted by Crippen LogP contribution is -2.28. The van der Waals surface area contributed by atoms with E-state index < -0.39 is 17.2 Å². The van der Waals surface area contributed by atoms with Crippen molar-refractivity contribution < 1.29 is 24.3 Å². The summed E-state index contributed by atoms with van der Waals surface area (Å²) in [6, 6.07) is 3.50. The predicted octanol–water partition coefficient (Wildman–Crippen LogP) is 3.22. The molecule has 0 aromatic heterocycles. The molecule has 23 heavy (non-hydrogen) atoms. The lowest BCUT2D eigenvalue weighted by Gasteiger charge is -2.26. The van der Waals surface area contributed by atoms with E-state index in [9.17, 15) is 14.9 Å². The molecule has 7 nitrogen and oxygen atoms in total. The van der Waals surface area contributed by atoms with Gasteiger partial charge in [-0.05, 0) is 50.5 Å². The molecule has 0 radical (unpaired) electrons. The number of nitro groups is 1. The van der Waals surface area contributed by atoms with Crippen LogP contribution < -0.4 is 4.74 Å². The van der Waals surface area contributed by atoms with E-state index in [1.165, 1.54) is 25.0 Å². The maximum atomic E-state index is 11.1. The van der Waals surface area contributed by atoms with Crippen LogP contribution in [0.15, 0.2) is 18.2 Å². The van der Waals surface area contributed by atoms with Crippen molar-refractivity contribution in [1.82, 2.24) is 0 Å². The quantitative estimate of drug-likeness (QED) is 0.490. The number of carboxylic acids is 1. The highest BCUT2D eigenvalue weighted by molar-refractivity contribution is 5.88. The molecule has 3 rings (SSSR count). The van der Waals surface area contributed by atoms with Gasteiger partial charge in [-0.25, -0.2) is 4.79 Å². The van der Waals surface area contributed by atoms with Gasteiger partial charge >= 0.3 is 11.7 Å². The minimum absolute atomic E-state index is 0.0577. The van der Waals surface area contributed by atoms with Crippen LogP contribution in [-0.4, -0.2) is 28.4 Å². The zero-order chi connectivity index (χ0) is 16.6. The Labute approximate surface area is 133 Å². The van der Waals surface area contributed by atoms with Crippen LogP contribution in [-0.2, 0) is 4.74 Å². The van der Waals surface area contributed by atoms with Gasteiger partial charge in [-0.3, -0.25) is 10.1 Å². The van der Waals surface area contributed by atoms with Crippen LogP contribution in [0.4, 0.5) is 5.69 Å². The van der Waals surface area contributed by atoms with Crippen molar-refractivity contribution in [2.24, 2.45) is 11.8 Å². The van der Waals surface area contributed by atoms with Gasteiger partial charge in [0.05, 0.1) is 16.6 Å². The van der Waals surface area contributed by atoms with Crippen molar-refractivity contribution in [1.29, 1.82) is 0 Å². The Bertz CT molecular complexity index is 631. The Balaban J connectivity index is 1.71. The van der Waals surface area contributed by atoms with Crippen molar-refractivity contribution in [3.05, 3.63) is 33.9 Å². The van der Waals surface area contributed by atoms with Crippen LogP contribution in [0.3, 0.4) is 0 Å². The molecule has 2 saturated carbocycles. The Kier molecular flexibility index (Phi) is 4.21. The molecule has 2 aliphatic rings. The van der Waals surface area contributed by atoms with Gasteiger partial charge in [0.15, 0.2) is 6.29 Å². The molecule has 4 atom stereocenters. The summed E-state index contributed by atoms with van der Waals surface area (Å²) in [7, 11) is 0. The van der Waals surface area contributed by atoms with Crippen molar-refractivity contribution in [3.63, 3.8) is 0 Å². The Morgan fingerprint density at radius 3 is 2.74 bits per heavy atom. The summed E-state index contributed by atoms with van der Waals surface area (Å²) in [6.07, 6.45) is 4.08. The van der Waals surface area contributed by atoms with Crippen LogP contribution in [0.25, 0.3) is 0 Å². The standard InChI is InChI=1S/C16H19NO6/c1-9(22-14-7-10-2-3-11(14)6-10)23-15-8-12(16(18)19)4-5-13(15)17(20)21/h4-5,8-11,14H,2-3,6-7H2,1H3,(H,18,19). The summed E-state index contributed by atoms with van der Waals surface area (Å²) in [4.78, 5) is 21.5. The monoisotopic (exact) mass is 321 g/mol. The molecular weight excluding hydrogens is 302 g/mol. The van der Waals surface area contributed by atoms with Gasteiger partial charge < -0.3 is 14.6 Å². The minimum atomic E-state index is -1.16. The van der Waals surface area contributed by atoms with E-state index in [4.69, 9.17) is 14.6 Å². The van der Waals surface area contributed by atoms with E-state index in [-0.39, 0.29) is 23.1 Å². The minimum Gasteiger partial charge on any atom is -0.478 e. The third kappa shape index (κ3) is 3.29. The van der Waals surface area contributed by atoms with Crippen LogP contribution in [0, 0.1) is 22.0 Å². The summed E-state index contributed by atoms with van der Waals surface area (Å²) in [5, 5.41) is 20.1. The van der Waals surface area contributed by atoms with Gasteiger partial charge in [0.2, 0.25) is 5.75 Å². The third-order valence-electron chi connectivity index (χ3n) is 4.74. The van der Waals surface area contributed by atoms with E-state index in [0.717, 1.165) is 24.8 Å². The number of benzene rings is 1. The molecule has 0 amide bonds. The fraction of sp³-hybridized carbons (Fsp3) is 0.562. The van der Waals surface area contributed by atoms with E-state index in [2.05, 4.69) is 0 Å². The highest BCUT2D eigenvalue weighted by atomic mass is 16.7. The van der Waals surface area contributed by atoms with Gasteiger partial charge in [0, 0.05) is 12.1 Å². The summed E-state index contributed by atoms with van der Waals surface area (Å²) in [5.41, 5.74) is -0.323. The second-order valence-electron chi connectivity index (χ2n) is 6.28. The number of nitrogens with zero attached hydrogens (tertiary/aromatic N) is 1. The molecule has 2 aliphatic carbocycles. The fourth-order valence-electron chi connectivity index (χ4n) is 3.70. The maximum absolute atomic E-state index is 11.1. The fourth-order valence-corrected chi connectivity index (χ4v) is 3.70. The molecule has 1 aromatic rings. The second-order valence-corrected chi connectivity index (χ2v) is 6.28. The summed E-state index contributed by atoms with van der Waals surface area (Å²) < 4.78 is 11.4. The molecular formula is C16H19NO6. The molecule has 1 aromatic carbocycles. The second kappa shape index (κ2) is 6.16. The van der Waals surface area contributed by atoms with E-state index in [1.807, 2.05) is 0 Å². The van der Waals surface area contributed by atoms with Crippen molar-refractivity contribution in [3.8, 4) is 5.75 Å². The number of carboxylic acid groups (broad SMARTS) is 1. The molecule has 7 heteroatoms. The largest absolute Gasteiger partial charge is 0.478 e. The summed E-state index contributed by atoms with van der Waals surface area (Å²) in [6.45, 7) is 1.68. The van der Waals surface area contributed by atoms with Crippen LogP contribution >= 0.6 is 0 Å². The number of hydrogen-bond donors (Lipinski definition) is 1. The predicted molar refractivity (Wildman–Crippen MR) is 80.5 cm³/mol. The number of rotatable bonds is 6. The van der Waals surface area contributed by atoms with Crippen molar-refractivity contribution in [2.75, 3.05) is 0 Å². The number of ether oxygens (including phenoxy) is 2. The SMILES string of the molecule is CC(Oc1cc(C(=O)O)ccc1[N+](=O)[O-])OC1CC2CCC1C2. The Morgan fingerprint density at radius 2 is 2.17 bits per heavy atom. The van der Waals surface area contributed by atoms with Crippen LogP contribution in [0.2, 0.25) is 0 Å². The zero-order valence-corrected chi connectivity index (χ0v) is 12.8. The van der Waals surface area contributed by atoms with Gasteiger partial charge in [0.25, 0.3) is 0 Å². The zero-order valence-electron chi connectivity index (χ0n) is 12.8. The first-order chi connectivity index (χ1) is 10.9. The highest BCUT2D eigenvalue weighted by Crippen LogP contribution is 2.46. The average molecular weight is 321 g/mol. The number of nitro benzene ring substituents is 1. The topological polar surface area (TPSA) is 98.9 Å². The van der Waals surface area contributed by atoms with Crippen molar-refractivity contribution >= 4 is 11.7 Å². The van der Waals surface area contributed by atoms with Crippen molar-refractivity contribution in [2.45, 2.75) is 45.0 Å². The number of aromatic carboxylic acids is 1. The van der Waals surface area contributed by atoms with Gasteiger partial charge in [-0.1, -0.05) is 0 Å². The first kappa shape index (κ1) is 15.7.